The van der Waals surface area contributed by atoms with Crippen LogP contribution >= 0.6 is 0 Å². The minimum Gasteiger partial charge on any atom is -0.0654 e. The molecular weight excluding hydrogens is 144 g/mol. The van der Waals surface area contributed by atoms with Crippen LogP contribution in [0.25, 0.3) is 0 Å². The Morgan fingerprint density at radius 1 is 1.17 bits per heavy atom. The van der Waals surface area contributed by atoms with E-state index >= 15 is 0 Å². The highest BCUT2D eigenvalue weighted by Crippen LogP contribution is 2.30. The Hall–Kier alpha value is 0. The summed E-state index contributed by atoms with van der Waals surface area (Å²) >= 11 is 0. The van der Waals surface area contributed by atoms with Gasteiger partial charge in [-0.15, -0.1) is 0 Å². The number of hydrogen-bond acceptors (Lipinski definition) is 0. The van der Waals surface area contributed by atoms with Crippen LogP contribution in [-0.2, 0) is 0 Å². The van der Waals surface area contributed by atoms with Gasteiger partial charge in [0, 0.05) is 0 Å². The highest BCUT2D eigenvalue weighted by Gasteiger charge is 2.18. The molecule has 0 aromatic carbocycles. The molecule has 1 unspecified atom stereocenters. The van der Waals surface area contributed by atoms with Gasteiger partial charge in [-0.3, -0.25) is 0 Å². The molecule has 0 amide bonds. The fourth-order valence-corrected chi connectivity index (χ4v) is 1.74. The first kappa shape index (κ1) is 12.0. The standard InChI is InChI=1S/C12H26/c1-6-8-9-11(3)10-12(4,5)7-2/h11H,6-10H2,1-5H3. The summed E-state index contributed by atoms with van der Waals surface area (Å²) in [5.41, 5.74) is 0.563. The van der Waals surface area contributed by atoms with E-state index in [4.69, 9.17) is 0 Å². The van der Waals surface area contributed by atoms with Crippen molar-refractivity contribution < 1.29 is 0 Å². The number of hydrogen-bond donors (Lipinski definition) is 0. The van der Waals surface area contributed by atoms with Gasteiger partial charge in [0.15, 0.2) is 0 Å². The second-order valence-electron chi connectivity index (χ2n) is 4.97. The van der Waals surface area contributed by atoms with Crippen LogP contribution in [0, 0.1) is 11.3 Å². The van der Waals surface area contributed by atoms with E-state index in [1.54, 1.807) is 0 Å². The monoisotopic (exact) mass is 170 g/mol. The fourth-order valence-electron chi connectivity index (χ4n) is 1.74. The first-order valence-corrected chi connectivity index (χ1v) is 5.52. The van der Waals surface area contributed by atoms with Crippen LogP contribution in [0.15, 0.2) is 0 Å². The molecule has 0 spiro atoms. The molecule has 0 aliphatic carbocycles. The van der Waals surface area contributed by atoms with Gasteiger partial charge in [-0.1, -0.05) is 60.3 Å². The Bertz CT molecular complexity index is 103. The Kier molecular flexibility index (Phi) is 5.61. The number of unbranched alkanes of at least 4 members (excludes halogenated alkanes) is 1. The first-order valence-electron chi connectivity index (χ1n) is 5.52. The highest BCUT2D eigenvalue weighted by atomic mass is 14.2. The van der Waals surface area contributed by atoms with E-state index in [2.05, 4.69) is 34.6 Å². The molecule has 0 aliphatic heterocycles. The maximum Gasteiger partial charge on any atom is -0.0354 e. The molecule has 0 rings (SSSR count). The Labute approximate surface area is 78.8 Å². The summed E-state index contributed by atoms with van der Waals surface area (Å²) in [6, 6.07) is 0. The molecule has 12 heavy (non-hydrogen) atoms. The van der Waals surface area contributed by atoms with E-state index in [9.17, 15) is 0 Å². The van der Waals surface area contributed by atoms with Gasteiger partial charge in [0.05, 0.1) is 0 Å². The van der Waals surface area contributed by atoms with Crippen molar-refractivity contribution in [1.82, 2.24) is 0 Å². The zero-order valence-electron chi connectivity index (χ0n) is 9.61. The summed E-state index contributed by atoms with van der Waals surface area (Å²) in [4.78, 5) is 0. The van der Waals surface area contributed by atoms with Crippen molar-refractivity contribution in [2.45, 2.75) is 66.7 Å². The molecule has 0 nitrogen and oxygen atoms in total. The van der Waals surface area contributed by atoms with Crippen molar-refractivity contribution in [1.29, 1.82) is 0 Å². The lowest BCUT2D eigenvalue weighted by Gasteiger charge is -2.26. The van der Waals surface area contributed by atoms with Crippen molar-refractivity contribution in [2.24, 2.45) is 11.3 Å². The second kappa shape index (κ2) is 5.61. The lowest BCUT2D eigenvalue weighted by Crippen LogP contribution is -2.14. The van der Waals surface area contributed by atoms with Crippen LogP contribution in [0.5, 0.6) is 0 Å². The van der Waals surface area contributed by atoms with Crippen molar-refractivity contribution >= 4 is 0 Å². The maximum atomic E-state index is 2.40. The molecule has 0 heterocycles. The Morgan fingerprint density at radius 3 is 2.17 bits per heavy atom. The second-order valence-corrected chi connectivity index (χ2v) is 4.97. The molecule has 0 bridgehead atoms. The van der Waals surface area contributed by atoms with Crippen LogP contribution in [0.2, 0.25) is 0 Å². The number of rotatable bonds is 6. The van der Waals surface area contributed by atoms with Crippen LogP contribution in [0.3, 0.4) is 0 Å². The van der Waals surface area contributed by atoms with Crippen molar-refractivity contribution in [2.75, 3.05) is 0 Å². The third-order valence-electron chi connectivity index (χ3n) is 2.91. The maximum absolute atomic E-state index is 2.40. The summed E-state index contributed by atoms with van der Waals surface area (Å²) in [7, 11) is 0. The average molecular weight is 170 g/mol. The molecular formula is C12H26. The van der Waals surface area contributed by atoms with Crippen LogP contribution < -0.4 is 0 Å². The SMILES string of the molecule is CCCCC(C)CC(C)(C)CC. The van der Waals surface area contributed by atoms with Gasteiger partial charge in [0.1, 0.15) is 0 Å². The molecule has 0 aromatic heterocycles. The van der Waals surface area contributed by atoms with Gasteiger partial charge >= 0.3 is 0 Å². The lowest BCUT2D eigenvalue weighted by atomic mass is 9.80. The largest absolute Gasteiger partial charge is 0.0654 e. The zero-order chi connectivity index (χ0) is 9.61. The van der Waals surface area contributed by atoms with Gasteiger partial charge < -0.3 is 0 Å². The minimum absolute atomic E-state index is 0.563. The molecule has 0 saturated heterocycles. The predicted molar refractivity (Wildman–Crippen MR) is 57.4 cm³/mol. The molecule has 0 N–H and O–H groups in total. The van der Waals surface area contributed by atoms with Crippen LogP contribution in [0.1, 0.15) is 66.7 Å². The minimum atomic E-state index is 0.563. The molecule has 74 valence electrons. The van der Waals surface area contributed by atoms with Crippen molar-refractivity contribution in [3.8, 4) is 0 Å². The quantitative estimate of drug-likeness (QED) is 0.545. The van der Waals surface area contributed by atoms with Gasteiger partial charge in [0.2, 0.25) is 0 Å². The van der Waals surface area contributed by atoms with Gasteiger partial charge in [-0.25, -0.2) is 0 Å². The summed E-state index contributed by atoms with van der Waals surface area (Å²) in [6.07, 6.45) is 6.87. The molecule has 0 fully saturated rings. The van der Waals surface area contributed by atoms with Gasteiger partial charge in [-0.2, -0.15) is 0 Å². The zero-order valence-corrected chi connectivity index (χ0v) is 9.61. The van der Waals surface area contributed by atoms with Crippen LogP contribution in [-0.4, -0.2) is 0 Å². The highest BCUT2D eigenvalue weighted by molar-refractivity contribution is 4.69. The fraction of sp³-hybridized carbons (Fsp3) is 1.00. The molecule has 1 atom stereocenters. The van der Waals surface area contributed by atoms with Crippen molar-refractivity contribution in [3.05, 3.63) is 0 Å². The first-order chi connectivity index (χ1) is 5.52. The van der Waals surface area contributed by atoms with Crippen LogP contribution in [0.4, 0.5) is 0 Å². The molecule has 0 saturated carbocycles. The molecule has 0 aliphatic rings. The van der Waals surface area contributed by atoms with E-state index in [0.29, 0.717) is 5.41 Å². The predicted octanol–water partition coefficient (Wildman–Crippen LogP) is 4.64. The molecule has 0 heteroatoms. The smallest absolute Gasteiger partial charge is 0.0354 e. The third-order valence-corrected chi connectivity index (χ3v) is 2.91. The summed E-state index contributed by atoms with van der Waals surface area (Å²) < 4.78 is 0. The normalized spacial score (nSPS) is 14.8. The summed E-state index contributed by atoms with van der Waals surface area (Å²) in [5.74, 6) is 0.917. The van der Waals surface area contributed by atoms with Crippen molar-refractivity contribution in [3.63, 3.8) is 0 Å². The van der Waals surface area contributed by atoms with Gasteiger partial charge in [0.25, 0.3) is 0 Å². The average Bonchev–Trinajstić information content (AvgIpc) is 2.00. The van der Waals surface area contributed by atoms with E-state index < -0.39 is 0 Å². The van der Waals surface area contributed by atoms with E-state index in [1.165, 1.54) is 32.1 Å². The lowest BCUT2D eigenvalue weighted by molar-refractivity contribution is 0.256. The molecule has 0 radical (unpaired) electrons. The van der Waals surface area contributed by atoms with E-state index in [-0.39, 0.29) is 0 Å². The molecule has 0 aromatic rings. The van der Waals surface area contributed by atoms with Gasteiger partial charge in [-0.05, 0) is 17.8 Å². The Morgan fingerprint density at radius 2 is 1.75 bits per heavy atom. The van der Waals surface area contributed by atoms with E-state index in [1.807, 2.05) is 0 Å². The topological polar surface area (TPSA) is 0 Å². The third kappa shape index (κ3) is 5.62. The Balaban J connectivity index is 3.60. The summed E-state index contributed by atoms with van der Waals surface area (Å²) in [5, 5.41) is 0. The summed E-state index contributed by atoms with van der Waals surface area (Å²) in [6.45, 7) is 11.7. The van der Waals surface area contributed by atoms with E-state index in [0.717, 1.165) is 5.92 Å².